The molecule has 6 nitrogen and oxygen atoms in total. The molecule has 74 heavy (non-hydrogen) atoms. The van der Waals surface area contributed by atoms with Crippen LogP contribution in [-0.4, -0.2) is 37.2 Å². The second kappa shape index (κ2) is 59.1. The van der Waals surface area contributed by atoms with Gasteiger partial charge in [-0.15, -0.1) is 0 Å². The highest BCUT2D eigenvalue weighted by Gasteiger charge is 2.20. The minimum absolute atomic E-state index is 0.0622. The van der Waals surface area contributed by atoms with Gasteiger partial charge in [0.2, 0.25) is 0 Å². The summed E-state index contributed by atoms with van der Waals surface area (Å²) in [6.45, 7) is 13.9. The van der Waals surface area contributed by atoms with Crippen LogP contribution in [0.3, 0.4) is 0 Å². The molecule has 0 bridgehead atoms. The Morgan fingerprint density at radius 2 is 0.473 bits per heavy atom. The zero-order chi connectivity index (χ0) is 54.1. The minimum atomic E-state index is -0.765. The van der Waals surface area contributed by atoms with Crippen molar-refractivity contribution in [2.75, 3.05) is 13.2 Å². The summed E-state index contributed by atoms with van der Waals surface area (Å²) in [5, 5.41) is 0. The minimum Gasteiger partial charge on any atom is -0.462 e. The first-order valence-electron chi connectivity index (χ1n) is 33.6. The summed E-state index contributed by atoms with van der Waals surface area (Å²) >= 11 is 0. The number of hydrogen-bond donors (Lipinski definition) is 0. The van der Waals surface area contributed by atoms with Crippen molar-refractivity contribution in [2.45, 2.75) is 388 Å². The molecule has 0 N–H and O–H groups in total. The summed E-state index contributed by atoms with van der Waals surface area (Å²) in [6, 6.07) is 0. The zero-order valence-corrected chi connectivity index (χ0v) is 51.1. The van der Waals surface area contributed by atoms with Crippen molar-refractivity contribution < 1.29 is 28.6 Å². The lowest BCUT2D eigenvalue weighted by Crippen LogP contribution is -2.30. The normalized spacial score (nSPS) is 12.5. The molecule has 0 fully saturated rings. The molecule has 0 spiro atoms. The van der Waals surface area contributed by atoms with Gasteiger partial charge in [0.15, 0.2) is 6.10 Å². The molecule has 0 aliphatic heterocycles. The van der Waals surface area contributed by atoms with E-state index in [-0.39, 0.29) is 31.1 Å². The van der Waals surface area contributed by atoms with Gasteiger partial charge in [0.25, 0.3) is 0 Å². The van der Waals surface area contributed by atoms with E-state index in [9.17, 15) is 14.4 Å². The third-order valence-corrected chi connectivity index (χ3v) is 16.0. The summed E-state index contributed by atoms with van der Waals surface area (Å²) in [6.07, 6.45) is 65.3. The van der Waals surface area contributed by atoms with E-state index in [0.29, 0.717) is 19.3 Å². The molecule has 440 valence electrons. The molecule has 0 aromatic heterocycles. The zero-order valence-electron chi connectivity index (χ0n) is 51.1. The third-order valence-electron chi connectivity index (χ3n) is 16.0. The molecule has 0 heterocycles. The Balaban J connectivity index is 4.27. The number of rotatable bonds is 61. The van der Waals surface area contributed by atoms with E-state index in [0.717, 1.165) is 75.5 Å². The standard InChI is InChI=1S/C68H132O6/c1-7-64(6)56-50-44-38-32-26-20-12-10-8-9-11-13-21-27-33-39-45-51-57-66(69)72-60-65(74-68(71)59-53-47-41-35-29-23-17-15-19-25-31-37-43-49-55-63(4)5)61-73-67(70)58-52-46-40-34-28-22-16-14-18-24-30-36-42-48-54-62(2)3/h62-65H,7-61H2,1-6H3/t64?,65-/m1/s1. The first-order valence-corrected chi connectivity index (χ1v) is 33.6. The Hall–Kier alpha value is -1.59. The van der Waals surface area contributed by atoms with Crippen LogP contribution in [-0.2, 0) is 28.6 Å². The summed E-state index contributed by atoms with van der Waals surface area (Å²) in [7, 11) is 0. The van der Waals surface area contributed by atoms with Crippen molar-refractivity contribution in [3.63, 3.8) is 0 Å². The quantitative estimate of drug-likeness (QED) is 0.0343. The second-order valence-electron chi connectivity index (χ2n) is 24.7. The lowest BCUT2D eigenvalue weighted by Gasteiger charge is -2.18. The van der Waals surface area contributed by atoms with Gasteiger partial charge in [0.05, 0.1) is 0 Å². The second-order valence-corrected chi connectivity index (χ2v) is 24.7. The summed E-state index contributed by atoms with van der Waals surface area (Å²) in [5.41, 5.74) is 0. The van der Waals surface area contributed by atoms with Gasteiger partial charge in [-0.2, -0.15) is 0 Å². The number of esters is 3. The Kier molecular flexibility index (Phi) is 57.8. The molecule has 0 aliphatic carbocycles. The molecule has 0 saturated heterocycles. The van der Waals surface area contributed by atoms with E-state index >= 15 is 0 Å². The highest BCUT2D eigenvalue weighted by atomic mass is 16.6. The van der Waals surface area contributed by atoms with Crippen LogP contribution in [0.5, 0.6) is 0 Å². The van der Waals surface area contributed by atoms with Gasteiger partial charge in [-0.1, -0.05) is 343 Å². The lowest BCUT2D eigenvalue weighted by molar-refractivity contribution is -0.167. The molecule has 2 atom stereocenters. The maximum Gasteiger partial charge on any atom is 0.306 e. The Morgan fingerprint density at radius 1 is 0.270 bits per heavy atom. The van der Waals surface area contributed by atoms with Crippen molar-refractivity contribution in [1.82, 2.24) is 0 Å². The first-order chi connectivity index (χ1) is 36.1. The first kappa shape index (κ1) is 72.4. The SMILES string of the molecule is CCC(C)CCCCCCCCCCCCCCCCCCCCC(=O)OC[C@H](COC(=O)CCCCCCCCCCCCCCCCC(C)C)OC(=O)CCCCCCCCCCCCCCCCC(C)C. The van der Waals surface area contributed by atoms with E-state index in [2.05, 4.69) is 41.5 Å². The van der Waals surface area contributed by atoms with Crippen LogP contribution in [0.25, 0.3) is 0 Å². The third kappa shape index (κ3) is 59.7. The fraction of sp³-hybridized carbons (Fsp3) is 0.956. The van der Waals surface area contributed by atoms with Crippen molar-refractivity contribution in [3.05, 3.63) is 0 Å². The van der Waals surface area contributed by atoms with Crippen molar-refractivity contribution >= 4 is 17.9 Å². The van der Waals surface area contributed by atoms with Gasteiger partial charge in [0.1, 0.15) is 13.2 Å². The van der Waals surface area contributed by atoms with E-state index < -0.39 is 6.10 Å². The van der Waals surface area contributed by atoms with Gasteiger partial charge < -0.3 is 14.2 Å². The van der Waals surface area contributed by atoms with E-state index in [1.54, 1.807) is 0 Å². The summed E-state index contributed by atoms with van der Waals surface area (Å²) in [5.74, 6) is 1.77. The van der Waals surface area contributed by atoms with Crippen LogP contribution in [0.2, 0.25) is 0 Å². The predicted molar refractivity (Wildman–Crippen MR) is 321 cm³/mol. The fourth-order valence-electron chi connectivity index (χ4n) is 10.6. The Labute approximate surface area is 463 Å². The molecule has 0 saturated carbocycles. The van der Waals surface area contributed by atoms with Gasteiger partial charge in [0, 0.05) is 19.3 Å². The molecule has 0 aromatic rings. The lowest BCUT2D eigenvalue weighted by atomic mass is 9.99. The van der Waals surface area contributed by atoms with Crippen LogP contribution in [0.4, 0.5) is 0 Å². The average Bonchev–Trinajstić information content (AvgIpc) is 3.38. The number of carbonyl (C=O) groups excluding carboxylic acids is 3. The monoisotopic (exact) mass is 1050 g/mol. The van der Waals surface area contributed by atoms with Crippen LogP contribution >= 0.6 is 0 Å². The smallest absolute Gasteiger partial charge is 0.306 e. The fourth-order valence-corrected chi connectivity index (χ4v) is 10.6. The number of unbranched alkanes of at least 4 members (excludes halogenated alkanes) is 43. The van der Waals surface area contributed by atoms with Crippen LogP contribution < -0.4 is 0 Å². The van der Waals surface area contributed by atoms with E-state index in [1.165, 1.54) is 263 Å². The Morgan fingerprint density at radius 3 is 0.703 bits per heavy atom. The van der Waals surface area contributed by atoms with Gasteiger partial charge >= 0.3 is 17.9 Å². The number of ether oxygens (including phenoxy) is 3. The predicted octanol–water partition coefficient (Wildman–Crippen LogP) is 22.6. The largest absolute Gasteiger partial charge is 0.462 e. The molecule has 0 rings (SSSR count). The van der Waals surface area contributed by atoms with Gasteiger partial charge in [-0.3, -0.25) is 14.4 Å². The molecule has 0 aromatic carbocycles. The van der Waals surface area contributed by atoms with Crippen molar-refractivity contribution in [1.29, 1.82) is 0 Å². The highest BCUT2D eigenvalue weighted by Crippen LogP contribution is 2.20. The maximum atomic E-state index is 12.9. The summed E-state index contributed by atoms with van der Waals surface area (Å²) in [4.78, 5) is 38.4. The number of hydrogen-bond acceptors (Lipinski definition) is 6. The Bertz CT molecular complexity index is 1150. The van der Waals surface area contributed by atoms with Crippen LogP contribution in [0.15, 0.2) is 0 Å². The van der Waals surface area contributed by atoms with Gasteiger partial charge in [-0.25, -0.2) is 0 Å². The topological polar surface area (TPSA) is 78.9 Å². The van der Waals surface area contributed by atoms with E-state index in [4.69, 9.17) is 14.2 Å². The maximum absolute atomic E-state index is 12.9. The molecule has 1 unspecified atom stereocenters. The summed E-state index contributed by atoms with van der Waals surface area (Å²) < 4.78 is 17.0. The highest BCUT2D eigenvalue weighted by molar-refractivity contribution is 5.71. The van der Waals surface area contributed by atoms with Crippen LogP contribution in [0.1, 0.15) is 382 Å². The molecule has 0 radical (unpaired) electrons. The van der Waals surface area contributed by atoms with Crippen molar-refractivity contribution in [2.24, 2.45) is 17.8 Å². The van der Waals surface area contributed by atoms with Gasteiger partial charge in [-0.05, 0) is 37.0 Å². The van der Waals surface area contributed by atoms with E-state index in [1.807, 2.05) is 0 Å². The molecule has 0 amide bonds. The molecule has 0 aliphatic rings. The average molecular weight is 1050 g/mol. The molecular weight excluding hydrogens is 913 g/mol. The van der Waals surface area contributed by atoms with Crippen LogP contribution in [0, 0.1) is 17.8 Å². The number of carbonyl (C=O) groups is 3. The molecule has 6 heteroatoms. The van der Waals surface area contributed by atoms with Crippen molar-refractivity contribution in [3.8, 4) is 0 Å². The molecular formula is C68H132O6.